The number of pyridine rings is 1. The van der Waals surface area contributed by atoms with E-state index in [1.165, 1.54) is 16.7 Å². The second-order valence-corrected chi connectivity index (χ2v) is 10.1. The fourth-order valence-corrected chi connectivity index (χ4v) is 6.40. The van der Waals surface area contributed by atoms with Crippen molar-refractivity contribution in [1.82, 2.24) is 9.88 Å². The van der Waals surface area contributed by atoms with Gasteiger partial charge in [0.2, 0.25) is 0 Å². The van der Waals surface area contributed by atoms with Crippen LogP contribution in [0.1, 0.15) is 4.44 Å². The van der Waals surface area contributed by atoms with Gasteiger partial charge in [-0.05, 0) is 0 Å². The first-order valence-electron chi connectivity index (χ1n) is 8.45. The molecule has 2 aliphatic rings. The van der Waals surface area contributed by atoms with Crippen molar-refractivity contribution < 1.29 is 9.53 Å². The van der Waals surface area contributed by atoms with Crippen molar-refractivity contribution in [2.75, 3.05) is 11.9 Å². The molecule has 5 nitrogen and oxygen atoms in total. The molecular weight excluding hydrogens is 457 g/mol. The number of carbonyl (C=O) groups excluding carboxylic acids is 1. The summed E-state index contributed by atoms with van der Waals surface area (Å²) in [6.07, 6.45) is 3.73. The Hall–Kier alpha value is -2.38. The van der Waals surface area contributed by atoms with Gasteiger partial charge in [-0.15, -0.1) is 0 Å². The molecule has 0 saturated carbocycles. The quantitative estimate of drug-likeness (QED) is 0.244. The molecule has 8 heteroatoms. The number of fused-ring (bicyclic) bond motifs is 2. The zero-order valence-electron chi connectivity index (χ0n) is 14.7. The van der Waals surface area contributed by atoms with Gasteiger partial charge in [0.25, 0.3) is 0 Å². The third-order valence-corrected chi connectivity index (χ3v) is 8.00. The average molecular weight is 470 g/mol. The van der Waals surface area contributed by atoms with Crippen LogP contribution in [0.3, 0.4) is 0 Å². The molecule has 0 spiro atoms. The molecule has 2 aromatic heterocycles. The van der Waals surface area contributed by atoms with Gasteiger partial charge < -0.3 is 0 Å². The number of amides is 1. The number of thioether (sulfide) groups is 1. The summed E-state index contributed by atoms with van der Waals surface area (Å²) in [7, 11) is 1.71. The van der Waals surface area contributed by atoms with Crippen LogP contribution in [0.4, 0.5) is 16.1 Å². The predicted molar refractivity (Wildman–Crippen MR) is 117 cm³/mol. The van der Waals surface area contributed by atoms with Crippen molar-refractivity contribution in [2.24, 2.45) is 0 Å². The SMILES string of the molecule is CN1C(=O)/C(=C\c2ccc(N3c4ccccc4Oc4cccnc43)[se]2)SC1=S. The number of rotatable bonds is 2. The Morgan fingerprint density at radius 1 is 1.14 bits per heavy atom. The third-order valence-electron chi connectivity index (χ3n) is 4.38. The molecule has 0 N–H and O–H groups in total. The number of hydrogen-bond acceptors (Lipinski definition) is 6. The maximum absolute atomic E-state index is 12.3. The van der Waals surface area contributed by atoms with E-state index in [1.54, 1.807) is 13.2 Å². The summed E-state index contributed by atoms with van der Waals surface area (Å²) in [5.41, 5.74) is 0.969. The van der Waals surface area contributed by atoms with E-state index < -0.39 is 0 Å². The molecule has 0 atom stereocenters. The second-order valence-electron chi connectivity index (χ2n) is 6.15. The Balaban J connectivity index is 1.57. The van der Waals surface area contributed by atoms with Crippen molar-refractivity contribution >= 4 is 70.9 Å². The molecule has 138 valence electrons. The van der Waals surface area contributed by atoms with Crippen LogP contribution < -0.4 is 9.64 Å². The molecule has 5 rings (SSSR count). The number of likely N-dealkylation sites (N-methyl/N-ethyl adjacent to an activating group) is 1. The van der Waals surface area contributed by atoms with Crippen molar-refractivity contribution in [3.05, 3.63) is 64.1 Å². The minimum absolute atomic E-state index is 0.0237. The Morgan fingerprint density at radius 3 is 2.79 bits per heavy atom. The summed E-state index contributed by atoms with van der Waals surface area (Å²) in [6, 6.07) is 15.9. The van der Waals surface area contributed by atoms with E-state index in [0.717, 1.165) is 32.0 Å². The topological polar surface area (TPSA) is 45.7 Å². The summed E-state index contributed by atoms with van der Waals surface area (Å²) in [5.74, 6) is 2.28. The first kappa shape index (κ1) is 17.7. The first-order chi connectivity index (χ1) is 13.6. The normalized spacial score (nSPS) is 17.0. The number of benzene rings is 1. The first-order valence-corrected chi connectivity index (χ1v) is 11.4. The Bertz CT molecular complexity index is 1110. The van der Waals surface area contributed by atoms with Crippen LogP contribution in [0, 0.1) is 0 Å². The van der Waals surface area contributed by atoms with Crippen LogP contribution in [0.5, 0.6) is 11.5 Å². The van der Waals surface area contributed by atoms with Gasteiger partial charge in [-0.1, -0.05) is 0 Å². The van der Waals surface area contributed by atoms with Crippen molar-refractivity contribution in [2.45, 2.75) is 0 Å². The standard InChI is InChI=1S/C20H13N3O2S2Se/c1-22-19(24)16(27-20(22)26)11-12-8-9-17(28-12)23-13-5-2-3-6-14(13)25-15-7-4-10-21-18(15)23/h2-11H,1H3/b16-11+. The molecule has 4 heterocycles. The third kappa shape index (κ3) is 2.89. The number of hydrogen-bond donors (Lipinski definition) is 0. The summed E-state index contributed by atoms with van der Waals surface area (Å²) in [5, 5.41) is 0. The number of thiocarbonyl (C=S) groups is 1. The number of ether oxygens (including phenoxy) is 1. The van der Waals surface area contributed by atoms with Crippen molar-refractivity contribution in [3.8, 4) is 11.5 Å². The van der Waals surface area contributed by atoms with E-state index in [0.29, 0.717) is 9.23 Å². The van der Waals surface area contributed by atoms with E-state index in [9.17, 15) is 4.79 Å². The minimum atomic E-state index is -0.0381. The number of para-hydroxylation sites is 2. The Kier molecular flexibility index (Phi) is 4.36. The Morgan fingerprint density at radius 2 is 1.96 bits per heavy atom. The molecule has 28 heavy (non-hydrogen) atoms. The van der Waals surface area contributed by atoms with Gasteiger partial charge in [0.15, 0.2) is 0 Å². The van der Waals surface area contributed by atoms with Gasteiger partial charge in [0.1, 0.15) is 0 Å². The number of carbonyl (C=O) groups is 1. The van der Waals surface area contributed by atoms with E-state index >= 15 is 0 Å². The van der Waals surface area contributed by atoms with E-state index in [2.05, 4.69) is 22.0 Å². The molecular formula is C20H13N3O2S2Se. The molecule has 1 saturated heterocycles. The molecule has 1 aromatic carbocycles. The molecule has 1 fully saturated rings. The molecule has 0 bridgehead atoms. The molecule has 3 aromatic rings. The zero-order chi connectivity index (χ0) is 19.3. The number of aromatic nitrogens is 1. The van der Waals surface area contributed by atoms with Gasteiger partial charge in [0, 0.05) is 0 Å². The zero-order valence-corrected chi connectivity index (χ0v) is 18.0. The monoisotopic (exact) mass is 471 g/mol. The van der Waals surface area contributed by atoms with E-state index in [-0.39, 0.29) is 20.4 Å². The van der Waals surface area contributed by atoms with E-state index in [4.69, 9.17) is 17.0 Å². The van der Waals surface area contributed by atoms with Crippen LogP contribution >= 0.6 is 24.0 Å². The van der Waals surface area contributed by atoms with Gasteiger partial charge in [-0.3, -0.25) is 0 Å². The molecule has 2 aliphatic heterocycles. The summed E-state index contributed by atoms with van der Waals surface area (Å²) >= 11 is 6.59. The van der Waals surface area contributed by atoms with Gasteiger partial charge in [-0.25, -0.2) is 0 Å². The van der Waals surface area contributed by atoms with Crippen molar-refractivity contribution in [3.63, 3.8) is 0 Å². The number of nitrogens with zero attached hydrogens (tertiary/aromatic N) is 3. The van der Waals surface area contributed by atoms with Gasteiger partial charge >= 0.3 is 178 Å². The average Bonchev–Trinajstić information content (AvgIpc) is 3.26. The molecule has 0 radical (unpaired) electrons. The van der Waals surface area contributed by atoms with Crippen LogP contribution in [0.25, 0.3) is 6.08 Å². The van der Waals surface area contributed by atoms with E-state index in [1.807, 2.05) is 42.5 Å². The summed E-state index contributed by atoms with van der Waals surface area (Å²) < 4.78 is 8.87. The van der Waals surface area contributed by atoms with Gasteiger partial charge in [-0.2, -0.15) is 0 Å². The molecule has 0 aliphatic carbocycles. The second kappa shape index (κ2) is 6.90. The van der Waals surface area contributed by atoms with Crippen LogP contribution in [0.2, 0.25) is 0 Å². The predicted octanol–water partition coefficient (Wildman–Crippen LogP) is 4.55. The van der Waals surface area contributed by atoms with Crippen LogP contribution in [-0.4, -0.2) is 41.7 Å². The fraction of sp³-hybridized carbons (Fsp3) is 0.0500. The van der Waals surface area contributed by atoms with Gasteiger partial charge in [0.05, 0.1) is 0 Å². The van der Waals surface area contributed by atoms with Crippen LogP contribution in [-0.2, 0) is 4.79 Å². The summed E-state index contributed by atoms with van der Waals surface area (Å²) in [6.45, 7) is 0. The van der Waals surface area contributed by atoms with Crippen molar-refractivity contribution in [1.29, 1.82) is 0 Å². The molecule has 0 unspecified atom stereocenters. The molecule has 1 amide bonds. The fourth-order valence-electron chi connectivity index (χ4n) is 3.03. The Labute approximate surface area is 177 Å². The number of anilines is 3. The van der Waals surface area contributed by atoms with Crippen LogP contribution in [0.15, 0.2) is 59.6 Å². The maximum atomic E-state index is 12.3. The summed E-state index contributed by atoms with van der Waals surface area (Å²) in [4.78, 5) is 21.2.